The lowest BCUT2D eigenvalue weighted by Crippen LogP contribution is -2.40. The molecule has 2 aromatic rings. The molecule has 1 aliphatic rings. The zero-order valence-corrected chi connectivity index (χ0v) is 14.6. The van der Waals surface area contributed by atoms with E-state index < -0.39 is 10.0 Å². The van der Waals surface area contributed by atoms with E-state index in [2.05, 4.69) is 14.6 Å². The van der Waals surface area contributed by atoms with Crippen LogP contribution in [0.15, 0.2) is 22.4 Å². The molecule has 0 saturated carbocycles. The number of thiazole rings is 1. The van der Waals surface area contributed by atoms with Crippen molar-refractivity contribution in [2.75, 3.05) is 25.9 Å². The lowest BCUT2D eigenvalue weighted by Gasteiger charge is -2.32. The number of rotatable bonds is 5. The highest BCUT2D eigenvalue weighted by Gasteiger charge is 2.21. The highest BCUT2D eigenvalue weighted by molar-refractivity contribution is 7.88. The first-order valence-electron chi connectivity index (χ1n) is 7.53. The predicted octanol–water partition coefficient (Wildman–Crippen LogP) is 0.517. The van der Waals surface area contributed by atoms with Gasteiger partial charge >= 0.3 is 0 Å². The molecule has 126 valence electrons. The van der Waals surface area contributed by atoms with E-state index in [-0.39, 0.29) is 5.56 Å². The number of nitrogens with one attached hydrogen (secondary N) is 1. The van der Waals surface area contributed by atoms with E-state index >= 15 is 0 Å². The van der Waals surface area contributed by atoms with E-state index in [1.54, 1.807) is 16.7 Å². The van der Waals surface area contributed by atoms with Crippen molar-refractivity contribution in [1.29, 1.82) is 0 Å². The summed E-state index contributed by atoms with van der Waals surface area (Å²) in [6.07, 6.45) is 4.95. The Labute approximate surface area is 139 Å². The molecular formula is C14H20N4O3S2. The van der Waals surface area contributed by atoms with Crippen LogP contribution in [0.1, 0.15) is 18.5 Å². The standard InChI is InChI=1S/C14H20N4O3S2/c1-23(20,21)15-8-11-3-2-4-17(9-11)10-12-7-13(19)18-5-6-22-14(18)16-12/h5-7,11,15H,2-4,8-10H2,1H3. The van der Waals surface area contributed by atoms with Gasteiger partial charge in [0.1, 0.15) is 0 Å². The van der Waals surface area contributed by atoms with Gasteiger partial charge in [-0.15, -0.1) is 11.3 Å². The third-order valence-corrected chi connectivity index (χ3v) is 5.43. The molecule has 0 aromatic carbocycles. The average molecular weight is 356 g/mol. The van der Waals surface area contributed by atoms with Crippen molar-refractivity contribution in [3.63, 3.8) is 0 Å². The fourth-order valence-electron chi connectivity index (χ4n) is 2.93. The second-order valence-electron chi connectivity index (χ2n) is 6.01. The third kappa shape index (κ3) is 4.37. The van der Waals surface area contributed by atoms with E-state index in [0.29, 0.717) is 24.0 Å². The summed E-state index contributed by atoms with van der Waals surface area (Å²) in [5.74, 6) is 0.296. The molecule has 0 radical (unpaired) electrons. The van der Waals surface area contributed by atoms with Crippen molar-refractivity contribution in [2.24, 2.45) is 5.92 Å². The fraction of sp³-hybridized carbons (Fsp3) is 0.571. The van der Waals surface area contributed by atoms with E-state index in [4.69, 9.17) is 0 Å². The fourth-order valence-corrected chi connectivity index (χ4v) is 4.21. The first-order chi connectivity index (χ1) is 10.9. The van der Waals surface area contributed by atoms with Crippen molar-refractivity contribution >= 4 is 26.3 Å². The molecule has 0 spiro atoms. The molecular weight excluding hydrogens is 336 g/mol. The van der Waals surface area contributed by atoms with Gasteiger partial charge in [0.15, 0.2) is 4.96 Å². The molecule has 3 heterocycles. The van der Waals surface area contributed by atoms with E-state index in [1.807, 2.05) is 5.38 Å². The number of hydrogen-bond acceptors (Lipinski definition) is 6. The Kier molecular flexibility index (Phi) is 4.81. The quantitative estimate of drug-likeness (QED) is 0.844. The average Bonchev–Trinajstić information content (AvgIpc) is 2.94. The minimum absolute atomic E-state index is 0.0569. The molecule has 0 amide bonds. The molecule has 7 nitrogen and oxygen atoms in total. The van der Waals surface area contributed by atoms with Crippen LogP contribution in [0.5, 0.6) is 0 Å². The smallest absolute Gasteiger partial charge is 0.258 e. The van der Waals surface area contributed by atoms with Gasteiger partial charge in [0.05, 0.1) is 11.9 Å². The molecule has 1 N–H and O–H groups in total. The van der Waals surface area contributed by atoms with Gasteiger partial charge in [-0.25, -0.2) is 18.1 Å². The highest BCUT2D eigenvalue weighted by atomic mass is 32.2. The molecule has 2 aromatic heterocycles. The van der Waals surface area contributed by atoms with Gasteiger partial charge in [0, 0.05) is 37.3 Å². The Morgan fingerprint density at radius 1 is 1.48 bits per heavy atom. The van der Waals surface area contributed by atoms with E-state index in [9.17, 15) is 13.2 Å². The Bertz CT molecular complexity index is 843. The van der Waals surface area contributed by atoms with Crippen LogP contribution in [0.2, 0.25) is 0 Å². The van der Waals surface area contributed by atoms with Crippen LogP contribution in [0.3, 0.4) is 0 Å². The van der Waals surface area contributed by atoms with Crippen LogP contribution in [0.4, 0.5) is 0 Å². The number of nitrogens with zero attached hydrogens (tertiary/aromatic N) is 3. The number of hydrogen-bond donors (Lipinski definition) is 1. The second-order valence-corrected chi connectivity index (χ2v) is 8.71. The predicted molar refractivity (Wildman–Crippen MR) is 90.2 cm³/mol. The lowest BCUT2D eigenvalue weighted by molar-refractivity contribution is 0.167. The molecule has 23 heavy (non-hydrogen) atoms. The Hall–Kier alpha value is -1.29. The first-order valence-corrected chi connectivity index (χ1v) is 10.3. The van der Waals surface area contributed by atoms with Crippen LogP contribution in [0, 0.1) is 5.92 Å². The zero-order chi connectivity index (χ0) is 16.4. The van der Waals surface area contributed by atoms with Crippen LogP contribution < -0.4 is 10.3 Å². The molecule has 1 unspecified atom stereocenters. The maximum absolute atomic E-state index is 12.0. The van der Waals surface area contributed by atoms with Crippen LogP contribution in [0.25, 0.3) is 4.96 Å². The number of piperidine rings is 1. The molecule has 1 fully saturated rings. The lowest BCUT2D eigenvalue weighted by atomic mass is 9.98. The van der Waals surface area contributed by atoms with Gasteiger partial charge in [0.2, 0.25) is 10.0 Å². The first kappa shape index (κ1) is 16.6. The van der Waals surface area contributed by atoms with Crippen LogP contribution >= 0.6 is 11.3 Å². The van der Waals surface area contributed by atoms with Gasteiger partial charge in [-0.1, -0.05) is 0 Å². The maximum Gasteiger partial charge on any atom is 0.258 e. The summed E-state index contributed by atoms with van der Waals surface area (Å²) in [5, 5.41) is 1.85. The van der Waals surface area contributed by atoms with Gasteiger partial charge in [0.25, 0.3) is 5.56 Å². The number of likely N-dealkylation sites (tertiary alicyclic amines) is 1. The van der Waals surface area contributed by atoms with E-state index in [0.717, 1.165) is 31.6 Å². The largest absolute Gasteiger partial charge is 0.297 e. The van der Waals surface area contributed by atoms with Gasteiger partial charge in [-0.3, -0.25) is 14.1 Å². The second kappa shape index (κ2) is 6.68. The normalized spacial score (nSPS) is 20.1. The van der Waals surface area contributed by atoms with Crippen molar-refractivity contribution in [1.82, 2.24) is 19.0 Å². The van der Waals surface area contributed by atoms with E-state index in [1.165, 1.54) is 17.6 Å². The Morgan fingerprint density at radius 3 is 3.09 bits per heavy atom. The van der Waals surface area contributed by atoms with Crippen LogP contribution in [-0.2, 0) is 16.6 Å². The molecule has 9 heteroatoms. The summed E-state index contributed by atoms with van der Waals surface area (Å²) < 4.78 is 26.6. The molecule has 3 rings (SSSR count). The monoisotopic (exact) mass is 356 g/mol. The minimum atomic E-state index is -3.15. The summed E-state index contributed by atoms with van der Waals surface area (Å²) in [6.45, 7) is 2.85. The number of fused-ring (bicyclic) bond motifs is 1. The highest BCUT2D eigenvalue weighted by Crippen LogP contribution is 2.18. The summed E-state index contributed by atoms with van der Waals surface area (Å²) in [4.78, 5) is 19.5. The SMILES string of the molecule is CS(=O)(=O)NCC1CCCN(Cc2cc(=O)n3ccsc3n2)C1. The van der Waals surface area contributed by atoms with Crippen molar-refractivity contribution in [3.05, 3.63) is 33.7 Å². The molecule has 0 bridgehead atoms. The molecule has 1 atom stereocenters. The Balaban J connectivity index is 1.65. The van der Waals surface area contributed by atoms with Gasteiger partial charge in [-0.05, 0) is 25.3 Å². The summed E-state index contributed by atoms with van der Waals surface area (Å²) >= 11 is 1.45. The van der Waals surface area contributed by atoms with Crippen molar-refractivity contribution in [3.8, 4) is 0 Å². The van der Waals surface area contributed by atoms with Crippen molar-refractivity contribution in [2.45, 2.75) is 19.4 Å². The van der Waals surface area contributed by atoms with Crippen molar-refractivity contribution < 1.29 is 8.42 Å². The van der Waals surface area contributed by atoms with Crippen LogP contribution in [-0.4, -0.2) is 48.6 Å². The third-order valence-electron chi connectivity index (χ3n) is 3.98. The number of aromatic nitrogens is 2. The minimum Gasteiger partial charge on any atom is -0.297 e. The molecule has 0 aliphatic carbocycles. The summed E-state index contributed by atoms with van der Waals surface area (Å²) in [5.41, 5.74) is 0.715. The summed E-state index contributed by atoms with van der Waals surface area (Å²) in [6, 6.07) is 1.58. The topological polar surface area (TPSA) is 83.8 Å². The zero-order valence-electron chi connectivity index (χ0n) is 12.9. The molecule has 1 saturated heterocycles. The van der Waals surface area contributed by atoms with Gasteiger partial charge < -0.3 is 0 Å². The van der Waals surface area contributed by atoms with Gasteiger partial charge in [-0.2, -0.15) is 0 Å². The Morgan fingerprint density at radius 2 is 2.30 bits per heavy atom. The number of sulfonamides is 1. The summed E-state index contributed by atoms with van der Waals surface area (Å²) in [7, 11) is -3.15. The molecule has 1 aliphatic heterocycles. The maximum atomic E-state index is 12.0.